The second kappa shape index (κ2) is 6.56. The predicted octanol–water partition coefficient (Wildman–Crippen LogP) is 3.61. The second-order valence-corrected chi connectivity index (χ2v) is 6.26. The van der Waals surface area contributed by atoms with Crippen LogP contribution < -0.4 is 14.8 Å². The number of methoxy groups -OCH3 is 2. The molecule has 0 bridgehead atoms. The number of rotatable bonds is 6. The Kier molecular flexibility index (Phi) is 4.47. The quantitative estimate of drug-likeness (QED) is 0.882. The van der Waals surface area contributed by atoms with Crippen molar-refractivity contribution >= 4 is 5.91 Å². The summed E-state index contributed by atoms with van der Waals surface area (Å²) in [6.07, 6.45) is 1.81. The normalized spacial score (nSPS) is 16.1. The van der Waals surface area contributed by atoms with Gasteiger partial charge in [-0.05, 0) is 43.0 Å². The zero-order valence-electron chi connectivity index (χ0n) is 14.3. The third-order valence-electron chi connectivity index (χ3n) is 4.77. The van der Waals surface area contributed by atoms with E-state index in [0.717, 1.165) is 24.0 Å². The largest absolute Gasteiger partial charge is 0.493 e. The summed E-state index contributed by atoms with van der Waals surface area (Å²) in [5.74, 6) is 1.44. The van der Waals surface area contributed by atoms with Gasteiger partial charge in [-0.15, -0.1) is 0 Å². The van der Waals surface area contributed by atoms with E-state index in [1.54, 1.807) is 14.2 Å². The minimum atomic E-state index is -0.355. The number of ether oxygens (including phenoxy) is 2. The van der Waals surface area contributed by atoms with E-state index in [-0.39, 0.29) is 17.4 Å². The Bertz CT molecular complexity index is 723. The van der Waals surface area contributed by atoms with Crippen LogP contribution in [0.2, 0.25) is 0 Å². The lowest BCUT2D eigenvalue weighted by molar-refractivity contribution is -0.124. The topological polar surface area (TPSA) is 47.6 Å². The SMILES string of the molecule is COc1ccc(C(C)NC(=O)C2(c3ccccc3)CC2)cc1OC. The molecule has 126 valence electrons. The molecule has 0 saturated heterocycles. The lowest BCUT2D eigenvalue weighted by Gasteiger charge is -2.21. The summed E-state index contributed by atoms with van der Waals surface area (Å²) < 4.78 is 10.6. The first kappa shape index (κ1) is 16.4. The average molecular weight is 325 g/mol. The monoisotopic (exact) mass is 325 g/mol. The fourth-order valence-electron chi connectivity index (χ4n) is 3.07. The van der Waals surface area contributed by atoms with Crippen LogP contribution in [0.3, 0.4) is 0 Å². The summed E-state index contributed by atoms with van der Waals surface area (Å²) >= 11 is 0. The fraction of sp³-hybridized carbons (Fsp3) is 0.350. The minimum Gasteiger partial charge on any atom is -0.493 e. The van der Waals surface area contributed by atoms with Gasteiger partial charge in [-0.2, -0.15) is 0 Å². The number of carbonyl (C=O) groups excluding carboxylic acids is 1. The van der Waals surface area contributed by atoms with Crippen LogP contribution in [-0.2, 0) is 10.2 Å². The number of carbonyl (C=O) groups is 1. The third kappa shape index (κ3) is 2.96. The summed E-state index contributed by atoms with van der Waals surface area (Å²) in [7, 11) is 3.22. The van der Waals surface area contributed by atoms with E-state index in [1.165, 1.54) is 0 Å². The molecule has 2 aromatic rings. The average Bonchev–Trinajstić information content (AvgIpc) is 3.43. The van der Waals surface area contributed by atoms with Crippen LogP contribution in [0.25, 0.3) is 0 Å². The van der Waals surface area contributed by atoms with E-state index in [9.17, 15) is 4.79 Å². The molecular formula is C20H23NO3. The van der Waals surface area contributed by atoms with Crippen LogP contribution in [0.5, 0.6) is 11.5 Å². The van der Waals surface area contributed by atoms with E-state index in [2.05, 4.69) is 5.32 Å². The highest BCUT2D eigenvalue weighted by atomic mass is 16.5. The zero-order chi connectivity index (χ0) is 17.2. The highest BCUT2D eigenvalue weighted by Gasteiger charge is 2.51. The maximum absolute atomic E-state index is 12.8. The van der Waals surface area contributed by atoms with Crippen molar-refractivity contribution < 1.29 is 14.3 Å². The summed E-state index contributed by atoms with van der Waals surface area (Å²) in [4.78, 5) is 12.8. The van der Waals surface area contributed by atoms with E-state index in [4.69, 9.17) is 9.47 Å². The first-order valence-corrected chi connectivity index (χ1v) is 8.19. The van der Waals surface area contributed by atoms with Crippen LogP contribution in [0.4, 0.5) is 0 Å². The van der Waals surface area contributed by atoms with Gasteiger partial charge in [0.1, 0.15) is 0 Å². The Morgan fingerprint density at radius 2 is 1.71 bits per heavy atom. The highest BCUT2D eigenvalue weighted by molar-refractivity contribution is 5.91. The Morgan fingerprint density at radius 3 is 2.29 bits per heavy atom. The van der Waals surface area contributed by atoms with Gasteiger partial charge in [0.15, 0.2) is 11.5 Å². The summed E-state index contributed by atoms with van der Waals surface area (Å²) in [6.45, 7) is 1.99. The van der Waals surface area contributed by atoms with Crippen LogP contribution in [0.15, 0.2) is 48.5 Å². The molecule has 0 aliphatic heterocycles. The van der Waals surface area contributed by atoms with Crippen LogP contribution >= 0.6 is 0 Å². The van der Waals surface area contributed by atoms with Crippen molar-refractivity contribution in [3.05, 3.63) is 59.7 Å². The van der Waals surface area contributed by atoms with Crippen LogP contribution in [0.1, 0.15) is 36.9 Å². The van der Waals surface area contributed by atoms with Gasteiger partial charge in [-0.1, -0.05) is 36.4 Å². The van der Waals surface area contributed by atoms with Crippen molar-refractivity contribution in [2.24, 2.45) is 0 Å². The summed E-state index contributed by atoms with van der Waals surface area (Å²) in [5.41, 5.74) is 1.73. The number of nitrogens with one attached hydrogen (secondary N) is 1. The first-order valence-electron chi connectivity index (χ1n) is 8.19. The van der Waals surface area contributed by atoms with Gasteiger partial charge < -0.3 is 14.8 Å². The van der Waals surface area contributed by atoms with E-state index in [0.29, 0.717) is 11.5 Å². The van der Waals surface area contributed by atoms with Crippen molar-refractivity contribution in [1.29, 1.82) is 0 Å². The molecular weight excluding hydrogens is 302 g/mol. The molecule has 1 amide bonds. The molecule has 2 aromatic carbocycles. The van der Waals surface area contributed by atoms with Gasteiger partial charge in [-0.3, -0.25) is 4.79 Å². The van der Waals surface area contributed by atoms with Gasteiger partial charge in [0.05, 0.1) is 25.7 Å². The minimum absolute atomic E-state index is 0.0935. The Hall–Kier alpha value is -2.49. The molecule has 1 aliphatic carbocycles. The molecule has 4 nitrogen and oxygen atoms in total. The van der Waals surface area contributed by atoms with Crippen molar-refractivity contribution in [2.75, 3.05) is 14.2 Å². The van der Waals surface area contributed by atoms with Crippen LogP contribution in [0, 0.1) is 0 Å². The molecule has 1 unspecified atom stereocenters. The van der Waals surface area contributed by atoms with E-state index >= 15 is 0 Å². The Balaban J connectivity index is 1.75. The van der Waals surface area contributed by atoms with E-state index in [1.807, 2.05) is 55.5 Å². The predicted molar refractivity (Wildman–Crippen MR) is 93.5 cm³/mol. The van der Waals surface area contributed by atoms with Crippen LogP contribution in [-0.4, -0.2) is 20.1 Å². The van der Waals surface area contributed by atoms with Gasteiger partial charge in [0.2, 0.25) is 5.91 Å². The molecule has 3 rings (SSSR count). The van der Waals surface area contributed by atoms with Crippen molar-refractivity contribution in [3.8, 4) is 11.5 Å². The fourth-order valence-corrected chi connectivity index (χ4v) is 3.07. The standard InChI is InChI=1S/C20H23NO3/c1-14(15-9-10-17(23-2)18(13-15)24-3)21-19(22)20(11-12-20)16-7-5-4-6-8-16/h4-10,13-14H,11-12H2,1-3H3,(H,21,22). The number of hydrogen-bond acceptors (Lipinski definition) is 3. The number of amides is 1. The molecule has 0 heterocycles. The molecule has 0 spiro atoms. The molecule has 1 aliphatic rings. The molecule has 1 atom stereocenters. The van der Waals surface area contributed by atoms with Gasteiger partial charge in [0, 0.05) is 0 Å². The summed E-state index contributed by atoms with van der Waals surface area (Å²) in [6, 6.07) is 15.6. The van der Waals surface area contributed by atoms with Crippen molar-refractivity contribution in [3.63, 3.8) is 0 Å². The van der Waals surface area contributed by atoms with Gasteiger partial charge >= 0.3 is 0 Å². The molecule has 1 N–H and O–H groups in total. The molecule has 0 radical (unpaired) electrons. The number of benzene rings is 2. The molecule has 1 saturated carbocycles. The number of hydrogen-bond donors (Lipinski definition) is 1. The van der Waals surface area contributed by atoms with Crippen molar-refractivity contribution in [2.45, 2.75) is 31.2 Å². The lowest BCUT2D eigenvalue weighted by atomic mass is 9.94. The Morgan fingerprint density at radius 1 is 1.04 bits per heavy atom. The molecule has 24 heavy (non-hydrogen) atoms. The first-order chi connectivity index (χ1) is 11.6. The molecule has 4 heteroatoms. The second-order valence-electron chi connectivity index (χ2n) is 6.26. The molecule has 0 aromatic heterocycles. The summed E-state index contributed by atoms with van der Waals surface area (Å²) in [5, 5.41) is 3.15. The van der Waals surface area contributed by atoms with Gasteiger partial charge in [0.25, 0.3) is 0 Å². The van der Waals surface area contributed by atoms with Gasteiger partial charge in [-0.25, -0.2) is 0 Å². The third-order valence-corrected chi connectivity index (χ3v) is 4.77. The maximum Gasteiger partial charge on any atom is 0.231 e. The van der Waals surface area contributed by atoms with E-state index < -0.39 is 0 Å². The maximum atomic E-state index is 12.8. The highest BCUT2D eigenvalue weighted by Crippen LogP contribution is 2.48. The molecule has 1 fully saturated rings. The lowest BCUT2D eigenvalue weighted by Crippen LogP contribution is -2.36. The smallest absolute Gasteiger partial charge is 0.231 e. The van der Waals surface area contributed by atoms with Crippen molar-refractivity contribution in [1.82, 2.24) is 5.32 Å². The Labute approximate surface area is 142 Å². The zero-order valence-corrected chi connectivity index (χ0v) is 14.3.